The number of nitrogens with one attached hydrogen (secondary N) is 1. The van der Waals surface area contributed by atoms with Crippen LogP contribution < -0.4 is 5.32 Å². The molecule has 30 heavy (non-hydrogen) atoms. The van der Waals surface area contributed by atoms with Crippen molar-refractivity contribution in [2.45, 2.75) is 52.6 Å². The van der Waals surface area contributed by atoms with Crippen LogP contribution in [0.5, 0.6) is 0 Å². The van der Waals surface area contributed by atoms with Crippen LogP contribution in [-0.4, -0.2) is 35.4 Å². The molecule has 0 atom stereocenters. The van der Waals surface area contributed by atoms with E-state index in [2.05, 4.69) is 25.2 Å². The van der Waals surface area contributed by atoms with Gasteiger partial charge >= 0.3 is 5.69 Å². The molecule has 0 radical (unpaired) electrons. The predicted octanol–water partition coefficient (Wildman–Crippen LogP) is 3.03. The number of amides is 1. The number of fused-ring (bicyclic) bond motifs is 1. The highest BCUT2D eigenvalue weighted by atomic mass is 16.6. The number of aryl methyl sites for hydroxylation is 2. The fourth-order valence-corrected chi connectivity index (χ4v) is 3.88. The molecule has 156 valence electrons. The first-order chi connectivity index (χ1) is 14.4. The van der Waals surface area contributed by atoms with Gasteiger partial charge in [0.1, 0.15) is 23.8 Å². The van der Waals surface area contributed by atoms with Gasteiger partial charge in [-0.3, -0.25) is 19.6 Å². The molecule has 0 unspecified atom stereocenters. The Balaban J connectivity index is 1.52. The molecule has 0 spiro atoms. The third-order valence-corrected chi connectivity index (χ3v) is 5.33. The summed E-state index contributed by atoms with van der Waals surface area (Å²) in [4.78, 5) is 23.2. The first-order valence-corrected chi connectivity index (χ1v) is 9.95. The third-order valence-electron chi connectivity index (χ3n) is 5.33. The Morgan fingerprint density at radius 2 is 2.07 bits per heavy atom. The van der Waals surface area contributed by atoms with Crippen LogP contribution in [0.15, 0.2) is 24.3 Å². The van der Waals surface area contributed by atoms with Crippen molar-refractivity contribution in [3.8, 4) is 11.4 Å². The van der Waals surface area contributed by atoms with Crippen molar-refractivity contribution < 1.29 is 9.72 Å². The van der Waals surface area contributed by atoms with Crippen LogP contribution in [0.25, 0.3) is 11.4 Å². The maximum Gasteiger partial charge on any atom is 0.312 e. The molecule has 1 aliphatic heterocycles. The zero-order chi connectivity index (χ0) is 21.3. The average Bonchev–Trinajstić information content (AvgIpc) is 3.12. The monoisotopic (exact) mass is 409 g/mol. The van der Waals surface area contributed by atoms with E-state index in [1.165, 1.54) is 11.1 Å². The van der Waals surface area contributed by atoms with Crippen LogP contribution in [0.1, 0.15) is 36.5 Å². The second kappa shape index (κ2) is 8.05. The van der Waals surface area contributed by atoms with Gasteiger partial charge in [0.15, 0.2) is 5.82 Å². The van der Waals surface area contributed by atoms with E-state index in [9.17, 15) is 14.9 Å². The Bertz CT molecular complexity index is 1120. The maximum absolute atomic E-state index is 12.5. The van der Waals surface area contributed by atoms with Gasteiger partial charge in [0, 0.05) is 24.2 Å². The maximum atomic E-state index is 12.5. The Kier molecular flexibility index (Phi) is 5.30. The summed E-state index contributed by atoms with van der Waals surface area (Å²) < 4.78 is 3.51. The van der Waals surface area contributed by atoms with Crippen molar-refractivity contribution in [1.82, 2.24) is 24.5 Å². The van der Waals surface area contributed by atoms with Crippen molar-refractivity contribution in [1.29, 1.82) is 0 Å². The number of anilines is 1. The number of nitro groups is 1. The van der Waals surface area contributed by atoms with E-state index in [0.717, 1.165) is 43.0 Å². The highest BCUT2D eigenvalue weighted by Gasteiger charge is 2.23. The van der Waals surface area contributed by atoms with E-state index in [1.54, 1.807) is 19.9 Å². The summed E-state index contributed by atoms with van der Waals surface area (Å²) in [5.41, 5.74) is 2.10. The molecule has 0 bridgehead atoms. The zero-order valence-corrected chi connectivity index (χ0v) is 17.0. The number of benzene rings is 1. The molecule has 3 heterocycles. The lowest BCUT2D eigenvalue weighted by atomic mass is 10.2. The number of carbonyl (C=O) groups is 1. The predicted molar refractivity (Wildman–Crippen MR) is 110 cm³/mol. The molecule has 0 fully saturated rings. The Labute approximate surface area is 173 Å². The Morgan fingerprint density at radius 3 is 2.83 bits per heavy atom. The molecule has 4 rings (SSSR count). The molecule has 0 saturated carbocycles. The summed E-state index contributed by atoms with van der Waals surface area (Å²) in [6.07, 6.45) is 4.34. The van der Waals surface area contributed by atoms with Crippen LogP contribution in [0.2, 0.25) is 0 Å². The van der Waals surface area contributed by atoms with Gasteiger partial charge in [-0.25, -0.2) is 0 Å². The van der Waals surface area contributed by atoms with E-state index >= 15 is 0 Å². The van der Waals surface area contributed by atoms with Gasteiger partial charge in [-0.2, -0.15) is 5.10 Å². The van der Waals surface area contributed by atoms with Gasteiger partial charge in [-0.15, -0.1) is 10.2 Å². The van der Waals surface area contributed by atoms with Gasteiger partial charge in [-0.1, -0.05) is 18.6 Å². The molecular weight excluding hydrogens is 386 g/mol. The number of aromatic nitrogens is 5. The van der Waals surface area contributed by atoms with E-state index in [0.29, 0.717) is 17.1 Å². The third kappa shape index (κ3) is 3.80. The minimum Gasteiger partial charge on any atom is -0.324 e. The summed E-state index contributed by atoms with van der Waals surface area (Å²) in [6.45, 7) is 3.93. The first kappa shape index (κ1) is 19.7. The van der Waals surface area contributed by atoms with Crippen molar-refractivity contribution in [2.75, 3.05) is 5.32 Å². The molecule has 0 saturated heterocycles. The number of carbonyl (C=O) groups excluding carboxylic acids is 1. The Morgan fingerprint density at radius 1 is 1.23 bits per heavy atom. The van der Waals surface area contributed by atoms with Gasteiger partial charge in [0.05, 0.1) is 4.92 Å². The first-order valence-electron chi connectivity index (χ1n) is 9.95. The number of nitrogens with zero attached hydrogens (tertiary/aromatic N) is 6. The normalized spacial score (nSPS) is 13.5. The lowest BCUT2D eigenvalue weighted by Crippen LogP contribution is -2.20. The smallest absolute Gasteiger partial charge is 0.312 e. The molecule has 1 aliphatic rings. The average molecular weight is 409 g/mol. The molecule has 1 amide bonds. The number of hydrogen-bond acceptors (Lipinski definition) is 6. The van der Waals surface area contributed by atoms with Crippen molar-refractivity contribution >= 4 is 17.3 Å². The standard InChI is InChI=1S/C20H23N7O3/c1-13-19(27(29)30)14(2)26(24-13)12-18(28)21-16-8-6-7-15(11-16)20-23-22-17-9-4-3-5-10-25(17)20/h6-8,11H,3-5,9-10,12H2,1-2H3,(H,21,28). The summed E-state index contributed by atoms with van der Waals surface area (Å²) >= 11 is 0. The molecule has 10 nitrogen and oxygen atoms in total. The summed E-state index contributed by atoms with van der Waals surface area (Å²) in [6, 6.07) is 7.47. The fourth-order valence-electron chi connectivity index (χ4n) is 3.88. The minimum atomic E-state index is -0.475. The molecule has 1 aromatic carbocycles. The Hall–Kier alpha value is -3.56. The molecule has 2 aromatic heterocycles. The van der Waals surface area contributed by atoms with E-state index in [1.807, 2.05) is 18.2 Å². The molecule has 10 heteroatoms. The van der Waals surface area contributed by atoms with Gasteiger partial charge in [0.25, 0.3) is 0 Å². The highest BCUT2D eigenvalue weighted by molar-refractivity contribution is 5.91. The van der Waals surface area contributed by atoms with Crippen LogP contribution in [0, 0.1) is 24.0 Å². The summed E-state index contributed by atoms with van der Waals surface area (Å²) in [5, 5.41) is 26.8. The fraction of sp³-hybridized carbons (Fsp3) is 0.400. The van der Waals surface area contributed by atoms with Gasteiger partial charge in [0.2, 0.25) is 5.91 Å². The molecular formula is C20H23N7O3. The molecule has 0 aliphatic carbocycles. The SMILES string of the molecule is Cc1nn(CC(=O)Nc2cccc(-c3nnc4n3CCCCC4)c2)c(C)c1[N+](=O)[O-]. The van der Waals surface area contributed by atoms with Crippen molar-refractivity contribution in [2.24, 2.45) is 0 Å². The van der Waals surface area contributed by atoms with E-state index < -0.39 is 4.92 Å². The second-order valence-corrected chi connectivity index (χ2v) is 7.47. The number of hydrogen-bond donors (Lipinski definition) is 1. The number of rotatable bonds is 5. The lowest BCUT2D eigenvalue weighted by molar-refractivity contribution is -0.386. The van der Waals surface area contributed by atoms with E-state index in [4.69, 9.17) is 0 Å². The van der Waals surface area contributed by atoms with Crippen molar-refractivity contribution in [3.63, 3.8) is 0 Å². The molecule has 1 N–H and O–H groups in total. The van der Waals surface area contributed by atoms with Gasteiger partial charge < -0.3 is 9.88 Å². The van der Waals surface area contributed by atoms with Gasteiger partial charge in [-0.05, 0) is 38.8 Å². The van der Waals surface area contributed by atoms with Crippen LogP contribution >= 0.6 is 0 Å². The van der Waals surface area contributed by atoms with Crippen molar-refractivity contribution in [3.05, 3.63) is 51.6 Å². The second-order valence-electron chi connectivity index (χ2n) is 7.47. The summed E-state index contributed by atoms with van der Waals surface area (Å²) in [5.74, 6) is 1.49. The largest absolute Gasteiger partial charge is 0.324 e. The quantitative estimate of drug-likeness (QED) is 0.511. The minimum absolute atomic E-state index is 0.0581. The topological polar surface area (TPSA) is 121 Å². The van der Waals surface area contributed by atoms with E-state index in [-0.39, 0.29) is 18.1 Å². The molecule has 3 aromatic rings. The lowest BCUT2D eigenvalue weighted by Gasteiger charge is -2.10. The van der Waals surface area contributed by atoms with Crippen LogP contribution in [0.3, 0.4) is 0 Å². The highest BCUT2D eigenvalue weighted by Crippen LogP contribution is 2.25. The zero-order valence-electron chi connectivity index (χ0n) is 17.0. The van der Waals surface area contributed by atoms with Crippen LogP contribution in [0.4, 0.5) is 11.4 Å². The summed E-state index contributed by atoms with van der Waals surface area (Å²) in [7, 11) is 0. The van der Waals surface area contributed by atoms with Crippen LogP contribution in [-0.2, 0) is 24.3 Å².